The monoisotopic (exact) mass is 210 g/mol. The molecular formula is C9H6O4S. The molecule has 0 aliphatic carbocycles. The second-order valence-electron chi connectivity index (χ2n) is 2.61. The Morgan fingerprint density at radius 2 is 2.07 bits per heavy atom. The Balaban J connectivity index is 2.61. The Labute approximate surface area is 84.1 Å². The van der Waals surface area contributed by atoms with E-state index in [1.54, 1.807) is 12.1 Å². The Hall–Kier alpha value is -1.62. The SMILES string of the molecule is COC(=O)c1ccc2oc(=S)oc2c1. The van der Waals surface area contributed by atoms with Crippen LogP contribution < -0.4 is 0 Å². The zero-order valence-electron chi connectivity index (χ0n) is 7.27. The molecule has 14 heavy (non-hydrogen) atoms. The molecule has 1 aromatic heterocycles. The number of esters is 1. The Kier molecular flexibility index (Phi) is 2.09. The van der Waals surface area contributed by atoms with Crippen molar-refractivity contribution in [3.05, 3.63) is 28.7 Å². The molecule has 0 saturated carbocycles. The van der Waals surface area contributed by atoms with Gasteiger partial charge in [-0.2, -0.15) is 0 Å². The number of fused-ring (bicyclic) bond motifs is 1. The van der Waals surface area contributed by atoms with Gasteiger partial charge in [0.15, 0.2) is 11.2 Å². The minimum Gasteiger partial charge on any atom is -0.465 e. The predicted molar refractivity (Wildman–Crippen MR) is 50.7 cm³/mol. The molecule has 0 aliphatic heterocycles. The highest BCUT2D eigenvalue weighted by molar-refractivity contribution is 7.71. The first-order valence-corrected chi connectivity index (χ1v) is 4.23. The number of hydrogen-bond donors (Lipinski definition) is 0. The van der Waals surface area contributed by atoms with Crippen molar-refractivity contribution in [2.75, 3.05) is 7.11 Å². The smallest absolute Gasteiger partial charge is 0.363 e. The summed E-state index contributed by atoms with van der Waals surface area (Å²) in [7, 11) is 1.32. The normalized spacial score (nSPS) is 10.4. The fourth-order valence-electron chi connectivity index (χ4n) is 1.12. The van der Waals surface area contributed by atoms with Crippen LogP contribution in [0, 0.1) is 4.90 Å². The molecule has 5 heteroatoms. The topological polar surface area (TPSA) is 52.6 Å². The zero-order valence-corrected chi connectivity index (χ0v) is 8.09. The Morgan fingerprint density at radius 3 is 2.79 bits per heavy atom. The maximum Gasteiger partial charge on any atom is 0.363 e. The summed E-state index contributed by atoms with van der Waals surface area (Å²) in [5.74, 6) is -0.422. The molecule has 2 aromatic rings. The van der Waals surface area contributed by atoms with Gasteiger partial charge >= 0.3 is 10.9 Å². The minimum absolute atomic E-state index is 0.0435. The summed E-state index contributed by atoms with van der Waals surface area (Å²) in [5.41, 5.74) is 1.36. The minimum atomic E-state index is -0.422. The second kappa shape index (κ2) is 3.26. The lowest BCUT2D eigenvalue weighted by atomic mass is 10.2. The van der Waals surface area contributed by atoms with Gasteiger partial charge in [-0.05, 0) is 18.2 Å². The van der Waals surface area contributed by atoms with Gasteiger partial charge in [0.2, 0.25) is 0 Å². The lowest BCUT2D eigenvalue weighted by Gasteiger charge is -1.96. The van der Waals surface area contributed by atoms with Crippen molar-refractivity contribution in [3.63, 3.8) is 0 Å². The van der Waals surface area contributed by atoms with Crippen LogP contribution in [0.25, 0.3) is 11.2 Å². The van der Waals surface area contributed by atoms with Gasteiger partial charge in [-0.3, -0.25) is 0 Å². The van der Waals surface area contributed by atoms with Crippen LogP contribution in [-0.4, -0.2) is 13.1 Å². The summed E-state index contributed by atoms with van der Waals surface area (Å²) in [6, 6.07) is 4.73. The summed E-state index contributed by atoms with van der Waals surface area (Å²) >= 11 is 4.70. The number of benzene rings is 1. The fourth-order valence-corrected chi connectivity index (χ4v) is 1.30. The Morgan fingerprint density at radius 1 is 1.36 bits per heavy atom. The first kappa shape index (κ1) is 8.96. The van der Waals surface area contributed by atoms with E-state index < -0.39 is 5.97 Å². The van der Waals surface area contributed by atoms with E-state index in [0.717, 1.165) is 0 Å². The zero-order chi connectivity index (χ0) is 10.1. The summed E-state index contributed by atoms with van der Waals surface area (Å²) < 4.78 is 14.6. The van der Waals surface area contributed by atoms with Crippen LogP contribution >= 0.6 is 12.2 Å². The molecule has 4 nitrogen and oxygen atoms in total. The van der Waals surface area contributed by atoms with Crippen LogP contribution in [0.3, 0.4) is 0 Å². The molecule has 1 heterocycles. The number of ether oxygens (including phenoxy) is 1. The van der Waals surface area contributed by atoms with Gasteiger partial charge in [-0.25, -0.2) is 4.79 Å². The standard InChI is InChI=1S/C9H6O4S/c1-11-8(10)5-2-3-6-7(4-5)13-9(14)12-6/h2-4H,1H3. The maximum absolute atomic E-state index is 11.1. The average molecular weight is 210 g/mol. The van der Waals surface area contributed by atoms with Crippen molar-refractivity contribution < 1.29 is 18.4 Å². The number of rotatable bonds is 1. The highest BCUT2D eigenvalue weighted by Gasteiger charge is 2.08. The molecule has 0 unspecified atom stereocenters. The number of methoxy groups -OCH3 is 1. The van der Waals surface area contributed by atoms with Gasteiger partial charge in [0.05, 0.1) is 12.7 Å². The van der Waals surface area contributed by atoms with Gasteiger partial charge in [-0.15, -0.1) is 0 Å². The highest BCUT2D eigenvalue weighted by Crippen LogP contribution is 2.18. The molecule has 0 N–H and O–H groups in total. The van der Waals surface area contributed by atoms with Gasteiger partial charge in [0.25, 0.3) is 0 Å². The Bertz CT molecular complexity index is 537. The van der Waals surface area contributed by atoms with Crippen LogP contribution in [-0.2, 0) is 4.74 Å². The van der Waals surface area contributed by atoms with Crippen molar-refractivity contribution in [2.24, 2.45) is 0 Å². The maximum atomic E-state index is 11.1. The molecule has 72 valence electrons. The van der Waals surface area contributed by atoms with E-state index in [1.807, 2.05) is 0 Å². The van der Waals surface area contributed by atoms with Crippen molar-refractivity contribution in [1.29, 1.82) is 0 Å². The number of carbonyl (C=O) groups is 1. The van der Waals surface area contributed by atoms with E-state index in [4.69, 9.17) is 21.1 Å². The van der Waals surface area contributed by atoms with Crippen LogP contribution in [0.5, 0.6) is 0 Å². The van der Waals surface area contributed by atoms with E-state index in [2.05, 4.69) is 4.74 Å². The first-order chi connectivity index (χ1) is 6.70. The number of hydrogen-bond acceptors (Lipinski definition) is 5. The third-order valence-electron chi connectivity index (χ3n) is 1.75. The predicted octanol–water partition coefficient (Wildman–Crippen LogP) is 2.54. The molecule has 0 fully saturated rings. The summed E-state index contributed by atoms with van der Waals surface area (Å²) in [6.45, 7) is 0. The van der Waals surface area contributed by atoms with E-state index >= 15 is 0 Å². The van der Waals surface area contributed by atoms with Crippen LogP contribution in [0.1, 0.15) is 10.4 Å². The van der Waals surface area contributed by atoms with Crippen molar-refractivity contribution >= 4 is 29.4 Å². The van der Waals surface area contributed by atoms with E-state index in [1.165, 1.54) is 13.2 Å². The molecule has 0 radical (unpaired) electrons. The molecule has 1 aromatic carbocycles. The van der Waals surface area contributed by atoms with E-state index in [0.29, 0.717) is 16.7 Å². The highest BCUT2D eigenvalue weighted by atomic mass is 32.1. The van der Waals surface area contributed by atoms with Crippen molar-refractivity contribution in [2.45, 2.75) is 0 Å². The molecule has 0 aliphatic rings. The molecular weight excluding hydrogens is 204 g/mol. The van der Waals surface area contributed by atoms with Gasteiger partial charge in [-0.1, -0.05) is 0 Å². The van der Waals surface area contributed by atoms with Crippen LogP contribution in [0.15, 0.2) is 27.0 Å². The lowest BCUT2D eigenvalue weighted by molar-refractivity contribution is 0.0601. The van der Waals surface area contributed by atoms with Crippen LogP contribution in [0.4, 0.5) is 0 Å². The lowest BCUT2D eigenvalue weighted by Crippen LogP contribution is -1.99. The summed E-state index contributed by atoms with van der Waals surface area (Å²) in [5, 5.41) is 0. The van der Waals surface area contributed by atoms with Crippen molar-refractivity contribution in [3.8, 4) is 0 Å². The molecule has 0 saturated heterocycles. The molecule has 0 atom stereocenters. The van der Waals surface area contributed by atoms with Crippen LogP contribution in [0.2, 0.25) is 0 Å². The largest absolute Gasteiger partial charge is 0.465 e. The average Bonchev–Trinajstić information content (AvgIpc) is 2.55. The third kappa shape index (κ3) is 1.42. The quantitative estimate of drug-likeness (QED) is 0.534. The van der Waals surface area contributed by atoms with Gasteiger partial charge in [0.1, 0.15) is 0 Å². The van der Waals surface area contributed by atoms with E-state index in [9.17, 15) is 4.79 Å². The molecule has 0 amide bonds. The number of carbonyl (C=O) groups excluding carboxylic acids is 1. The summed E-state index contributed by atoms with van der Waals surface area (Å²) in [4.78, 5) is 11.2. The van der Waals surface area contributed by atoms with E-state index in [-0.39, 0.29) is 4.90 Å². The molecule has 2 rings (SSSR count). The fraction of sp³-hybridized carbons (Fsp3) is 0.111. The molecule has 0 bridgehead atoms. The first-order valence-electron chi connectivity index (χ1n) is 3.83. The second-order valence-corrected chi connectivity index (χ2v) is 2.94. The van der Waals surface area contributed by atoms with Gasteiger partial charge < -0.3 is 13.6 Å². The summed E-state index contributed by atoms with van der Waals surface area (Å²) in [6.07, 6.45) is 0. The van der Waals surface area contributed by atoms with Gasteiger partial charge in [0, 0.05) is 12.2 Å². The molecule has 0 spiro atoms. The van der Waals surface area contributed by atoms with Crippen molar-refractivity contribution in [1.82, 2.24) is 0 Å². The third-order valence-corrected chi connectivity index (χ3v) is 1.92.